The van der Waals surface area contributed by atoms with Gasteiger partial charge in [-0.3, -0.25) is 19.6 Å². The van der Waals surface area contributed by atoms with Crippen molar-refractivity contribution in [3.63, 3.8) is 0 Å². The lowest BCUT2D eigenvalue weighted by Gasteiger charge is -2.34. The number of halogens is 3. The molecule has 1 amide bonds. The molecule has 4 heterocycles. The fourth-order valence-corrected chi connectivity index (χ4v) is 3.80. The number of fused-ring (bicyclic) bond motifs is 1. The molecular formula is C20H23F3N8O4. The zero-order chi connectivity index (χ0) is 25.2. The number of piperazine rings is 1. The number of aryl methyl sites for hydroxylation is 1. The number of alkyl halides is 3. The van der Waals surface area contributed by atoms with Crippen molar-refractivity contribution in [1.82, 2.24) is 34.6 Å². The summed E-state index contributed by atoms with van der Waals surface area (Å²) in [6.07, 6.45) is -2.83. The summed E-state index contributed by atoms with van der Waals surface area (Å²) in [6.45, 7) is 3.93. The highest BCUT2D eigenvalue weighted by atomic mass is 19.4. The Balaban J connectivity index is 1.20. The molecule has 0 saturated carbocycles. The molecule has 1 aliphatic rings. The Morgan fingerprint density at radius 2 is 1.77 bits per heavy atom. The number of nitrogens with one attached hydrogen (secondary N) is 2. The van der Waals surface area contributed by atoms with E-state index in [0.717, 1.165) is 12.4 Å². The van der Waals surface area contributed by atoms with Crippen molar-refractivity contribution in [2.45, 2.75) is 26.1 Å². The monoisotopic (exact) mass is 496 g/mol. The summed E-state index contributed by atoms with van der Waals surface area (Å²) >= 11 is 0. The standard InChI is InChI=1S/C20H23F3N8O4/c1-12-15-16(26-19(34)27-17(15)33)31(28-12)7-9-35-8-2-14(32)29-3-5-30(6-4-29)18-24-10-13(11-25-18)20(21,22)23/h10-11H,2-9H2,1H3,(H2,26,27,33,34). The van der Waals surface area contributed by atoms with E-state index in [0.29, 0.717) is 42.9 Å². The third kappa shape index (κ3) is 5.50. The van der Waals surface area contributed by atoms with Crippen molar-refractivity contribution in [1.29, 1.82) is 0 Å². The number of aromatic amines is 2. The fraction of sp³-hybridized carbons (Fsp3) is 0.500. The Bertz CT molecular complexity index is 1310. The van der Waals surface area contributed by atoms with Crippen molar-refractivity contribution in [3.8, 4) is 0 Å². The number of carbonyl (C=O) groups excluding carboxylic acids is 1. The third-order valence-corrected chi connectivity index (χ3v) is 5.60. The molecule has 0 spiro atoms. The molecule has 35 heavy (non-hydrogen) atoms. The highest BCUT2D eigenvalue weighted by molar-refractivity contribution is 5.77. The molecule has 3 aromatic rings. The third-order valence-electron chi connectivity index (χ3n) is 5.60. The zero-order valence-electron chi connectivity index (χ0n) is 18.8. The number of ether oxygens (including phenoxy) is 1. The molecule has 1 aliphatic heterocycles. The summed E-state index contributed by atoms with van der Waals surface area (Å²) in [4.78, 5) is 51.6. The van der Waals surface area contributed by atoms with Gasteiger partial charge in [-0.25, -0.2) is 19.4 Å². The Hall–Kier alpha value is -3.75. The van der Waals surface area contributed by atoms with E-state index in [-0.39, 0.29) is 38.0 Å². The molecule has 3 aromatic heterocycles. The van der Waals surface area contributed by atoms with Gasteiger partial charge in [0.1, 0.15) is 11.0 Å². The smallest absolute Gasteiger partial charge is 0.379 e. The summed E-state index contributed by atoms with van der Waals surface area (Å²) in [7, 11) is 0. The minimum absolute atomic E-state index is 0.103. The van der Waals surface area contributed by atoms with Gasteiger partial charge in [0.05, 0.1) is 37.4 Å². The van der Waals surface area contributed by atoms with Crippen LogP contribution in [0.5, 0.6) is 0 Å². The number of amides is 1. The number of hydrogen-bond donors (Lipinski definition) is 2. The number of H-pyrrole nitrogens is 2. The van der Waals surface area contributed by atoms with E-state index < -0.39 is 23.0 Å². The maximum Gasteiger partial charge on any atom is 0.419 e. The second-order valence-electron chi connectivity index (χ2n) is 7.94. The molecule has 0 radical (unpaired) electrons. The second kappa shape index (κ2) is 9.85. The van der Waals surface area contributed by atoms with Crippen LogP contribution in [0, 0.1) is 6.92 Å². The van der Waals surface area contributed by atoms with E-state index in [1.807, 2.05) is 0 Å². The van der Waals surface area contributed by atoms with Gasteiger partial charge in [0, 0.05) is 38.6 Å². The number of anilines is 1. The predicted molar refractivity (Wildman–Crippen MR) is 117 cm³/mol. The van der Waals surface area contributed by atoms with Gasteiger partial charge in [0.15, 0.2) is 0 Å². The zero-order valence-corrected chi connectivity index (χ0v) is 18.8. The first-order valence-electron chi connectivity index (χ1n) is 10.8. The lowest BCUT2D eigenvalue weighted by atomic mass is 10.3. The van der Waals surface area contributed by atoms with Crippen molar-refractivity contribution >= 4 is 22.9 Å². The topological polar surface area (TPSA) is 142 Å². The van der Waals surface area contributed by atoms with Gasteiger partial charge in [0.2, 0.25) is 11.9 Å². The maximum atomic E-state index is 12.7. The van der Waals surface area contributed by atoms with Crippen LogP contribution in [0.3, 0.4) is 0 Å². The van der Waals surface area contributed by atoms with Crippen LogP contribution in [0.4, 0.5) is 19.1 Å². The molecule has 1 saturated heterocycles. The van der Waals surface area contributed by atoms with Crippen LogP contribution >= 0.6 is 0 Å². The van der Waals surface area contributed by atoms with Gasteiger partial charge in [-0.05, 0) is 6.92 Å². The molecule has 0 unspecified atom stereocenters. The van der Waals surface area contributed by atoms with Gasteiger partial charge in [-0.15, -0.1) is 0 Å². The van der Waals surface area contributed by atoms with Crippen LogP contribution in [0.1, 0.15) is 17.7 Å². The summed E-state index contributed by atoms with van der Waals surface area (Å²) < 4.78 is 45.0. The number of carbonyl (C=O) groups is 1. The van der Waals surface area contributed by atoms with E-state index in [1.165, 1.54) is 4.68 Å². The maximum absolute atomic E-state index is 12.7. The highest BCUT2D eigenvalue weighted by Gasteiger charge is 2.32. The predicted octanol–water partition coefficient (Wildman–Crippen LogP) is 0.286. The van der Waals surface area contributed by atoms with E-state index in [9.17, 15) is 27.6 Å². The van der Waals surface area contributed by atoms with Crippen LogP contribution < -0.4 is 16.1 Å². The molecule has 12 nitrogen and oxygen atoms in total. The SMILES string of the molecule is Cc1nn(CCOCCC(=O)N2CCN(c3ncc(C(F)(F)F)cn3)CC2)c2[nH]c(=O)[nH]c(=O)c12. The van der Waals surface area contributed by atoms with E-state index in [2.05, 4.69) is 25.0 Å². The van der Waals surface area contributed by atoms with Gasteiger partial charge in [0.25, 0.3) is 5.56 Å². The molecule has 4 rings (SSSR count). The normalized spacial score (nSPS) is 14.6. The Morgan fingerprint density at radius 3 is 2.43 bits per heavy atom. The first-order valence-corrected chi connectivity index (χ1v) is 10.8. The van der Waals surface area contributed by atoms with Crippen LogP contribution in [0.15, 0.2) is 22.0 Å². The van der Waals surface area contributed by atoms with E-state index in [1.54, 1.807) is 16.7 Å². The van der Waals surface area contributed by atoms with Crippen molar-refractivity contribution in [3.05, 3.63) is 44.5 Å². The molecule has 15 heteroatoms. The first-order chi connectivity index (χ1) is 16.6. The van der Waals surface area contributed by atoms with Crippen molar-refractivity contribution in [2.75, 3.05) is 44.3 Å². The molecule has 0 bridgehead atoms. The summed E-state index contributed by atoms with van der Waals surface area (Å²) in [5.74, 6) is 0.0902. The van der Waals surface area contributed by atoms with Gasteiger partial charge in [-0.2, -0.15) is 18.3 Å². The van der Waals surface area contributed by atoms with E-state index >= 15 is 0 Å². The van der Waals surface area contributed by atoms with Gasteiger partial charge >= 0.3 is 11.9 Å². The lowest BCUT2D eigenvalue weighted by molar-refractivity contribution is -0.138. The molecule has 0 atom stereocenters. The Labute approximate surface area is 195 Å². The van der Waals surface area contributed by atoms with Gasteiger partial charge in [-0.1, -0.05) is 0 Å². The molecule has 1 fully saturated rings. The Kier molecular flexibility index (Phi) is 6.86. The number of hydrogen-bond acceptors (Lipinski definition) is 8. The first kappa shape index (κ1) is 24.4. The fourth-order valence-electron chi connectivity index (χ4n) is 3.80. The molecule has 0 aliphatic carbocycles. The lowest BCUT2D eigenvalue weighted by Crippen LogP contribution is -2.49. The largest absolute Gasteiger partial charge is 0.419 e. The molecular weight excluding hydrogens is 473 g/mol. The van der Waals surface area contributed by atoms with Crippen LogP contribution in [0.25, 0.3) is 11.0 Å². The van der Waals surface area contributed by atoms with Crippen LogP contribution in [-0.2, 0) is 22.3 Å². The van der Waals surface area contributed by atoms with Crippen molar-refractivity contribution < 1.29 is 22.7 Å². The average molecular weight is 496 g/mol. The minimum Gasteiger partial charge on any atom is -0.379 e. The van der Waals surface area contributed by atoms with Gasteiger partial charge < -0.3 is 14.5 Å². The second-order valence-corrected chi connectivity index (χ2v) is 7.94. The Morgan fingerprint density at radius 1 is 1.09 bits per heavy atom. The summed E-state index contributed by atoms with van der Waals surface area (Å²) in [5.41, 5.74) is -1.25. The number of aromatic nitrogens is 6. The average Bonchev–Trinajstić information content (AvgIpc) is 3.13. The van der Waals surface area contributed by atoms with E-state index in [4.69, 9.17) is 4.74 Å². The molecule has 188 valence electrons. The number of rotatable bonds is 7. The molecule has 0 aromatic carbocycles. The minimum atomic E-state index is -4.49. The van der Waals surface area contributed by atoms with Crippen LogP contribution in [-0.4, -0.2) is 79.9 Å². The highest BCUT2D eigenvalue weighted by Crippen LogP contribution is 2.28. The summed E-state index contributed by atoms with van der Waals surface area (Å²) in [5, 5.41) is 4.55. The van der Waals surface area contributed by atoms with Crippen molar-refractivity contribution in [2.24, 2.45) is 0 Å². The number of nitrogens with zero attached hydrogens (tertiary/aromatic N) is 6. The summed E-state index contributed by atoms with van der Waals surface area (Å²) in [6, 6.07) is 0. The van der Waals surface area contributed by atoms with Crippen LogP contribution in [0.2, 0.25) is 0 Å². The molecule has 2 N–H and O–H groups in total. The quantitative estimate of drug-likeness (QED) is 0.445.